The van der Waals surface area contributed by atoms with Crippen molar-refractivity contribution >= 4 is 47.3 Å². The van der Waals surface area contributed by atoms with Gasteiger partial charge in [-0.25, -0.2) is 4.79 Å². The number of carbonyl (C=O) groups excluding carboxylic acids is 4. The van der Waals surface area contributed by atoms with E-state index in [0.29, 0.717) is 12.2 Å². The Labute approximate surface area is 208 Å². The average Bonchev–Trinajstić information content (AvgIpc) is 2.75. The van der Waals surface area contributed by atoms with Crippen LogP contribution in [0.2, 0.25) is 0 Å². The minimum atomic E-state index is -1.43. The number of hydrogen-bond donors (Lipinski definition) is 8. The van der Waals surface area contributed by atoms with Gasteiger partial charge in [-0.1, -0.05) is 13.8 Å². The van der Waals surface area contributed by atoms with Gasteiger partial charge in [0.2, 0.25) is 23.6 Å². The third kappa shape index (κ3) is 13.4. The normalized spacial score (nSPS) is 14.2. The summed E-state index contributed by atoms with van der Waals surface area (Å²) in [6, 6.07) is -4.65. The van der Waals surface area contributed by atoms with Crippen molar-refractivity contribution in [2.24, 2.45) is 33.8 Å². The molecule has 0 rings (SSSR count). The lowest BCUT2D eigenvalue weighted by molar-refractivity contribution is -0.142. The van der Waals surface area contributed by atoms with Crippen LogP contribution in [0.3, 0.4) is 0 Å². The smallest absolute Gasteiger partial charge is 0.326 e. The van der Waals surface area contributed by atoms with Gasteiger partial charge in [-0.3, -0.25) is 24.2 Å². The first kappa shape index (κ1) is 31.9. The van der Waals surface area contributed by atoms with Crippen LogP contribution in [-0.2, 0) is 24.0 Å². The van der Waals surface area contributed by atoms with Crippen LogP contribution in [0.1, 0.15) is 39.5 Å². The molecular weight excluding hydrogens is 480 g/mol. The van der Waals surface area contributed by atoms with E-state index in [0.717, 1.165) is 0 Å². The van der Waals surface area contributed by atoms with Gasteiger partial charge in [-0.05, 0) is 37.2 Å². The van der Waals surface area contributed by atoms with Crippen molar-refractivity contribution in [2.75, 3.05) is 18.6 Å². The number of guanidine groups is 1. The van der Waals surface area contributed by atoms with Crippen molar-refractivity contribution in [1.82, 2.24) is 16.0 Å². The number of thioether (sulfide) groups is 1. The number of aliphatic carboxylic acids is 1. The molecular formula is C20H38N8O6S. The van der Waals surface area contributed by atoms with Crippen LogP contribution in [0.15, 0.2) is 4.99 Å². The Bertz CT molecular complexity index is 775. The summed E-state index contributed by atoms with van der Waals surface area (Å²) in [7, 11) is 0. The van der Waals surface area contributed by atoms with Crippen LogP contribution >= 0.6 is 11.8 Å². The zero-order valence-corrected chi connectivity index (χ0v) is 21.1. The van der Waals surface area contributed by atoms with Crippen LogP contribution in [0, 0.1) is 5.92 Å². The van der Waals surface area contributed by atoms with Gasteiger partial charge in [0.15, 0.2) is 5.96 Å². The molecule has 15 heteroatoms. The number of rotatable bonds is 17. The van der Waals surface area contributed by atoms with Crippen molar-refractivity contribution in [2.45, 2.75) is 63.7 Å². The first-order valence-corrected chi connectivity index (χ1v) is 12.4. The van der Waals surface area contributed by atoms with Gasteiger partial charge >= 0.3 is 5.97 Å². The summed E-state index contributed by atoms with van der Waals surface area (Å²) >= 11 is 1.40. The Morgan fingerprint density at radius 2 is 1.51 bits per heavy atom. The highest BCUT2D eigenvalue weighted by Crippen LogP contribution is 2.07. The molecule has 4 amide bonds. The van der Waals surface area contributed by atoms with Gasteiger partial charge in [0.1, 0.15) is 18.1 Å². The molecule has 0 spiro atoms. The second-order valence-corrected chi connectivity index (χ2v) is 9.18. The number of nitrogens with zero attached hydrogens (tertiary/aromatic N) is 1. The fourth-order valence-corrected chi connectivity index (χ4v) is 3.35. The van der Waals surface area contributed by atoms with Gasteiger partial charge in [-0.2, -0.15) is 11.8 Å². The maximum Gasteiger partial charge on any atom is 0.326 e. The van der Waals surface area contributed by atoms with Gasteiger partial charge in [0, 0.05) is 6.54 Å². The molecule has 4 unspecified atom stereocenters. The van der Waals surface area contributed by atoms with Crippen molar-refractivity contribution in [3.8, 4) is 0 Å². The fourth-order valence-electron chi connectivity index (χ4n) is 2.88. The summed E-state index contributed by atoms with van der Waals surface area (Å²) in [6.45, 7) is 3.62. The lowest BCUT2D eigenvalue weighted by Crippen LogP contribution is -2.59. The SMILES string of the molecule is CSCCC(NC(=O)C(CC(N)=O)NC(=O)C(NC(=O)C(N)CCCN=C(N)N)C(C)C)C(=O)O. The highest BCUT2D eigenvalue weighted by atomic mass is 32.2. The summed E-state index contributed by atoms with van der Waals surface area (Å²) in [5, 5.41) is 16.6. The lowest BCUT2D eigenvalue weighted by atomic mass is 10.0. The van der Waals surface area contributed by atoms with E-state index >= 15 is 0 Å². The quantitative estimate of drug-likeness (QED) is 0.0556. The van der Waals surface area contributed by atoms with Crippen LogP contribution < -0.4 is 38.9 Å². The van der Waals surface area contributed by atoms with Gasteiger partial charge < -0.3 is 44.0 Å². The first-order valence-electron chi connectivity index (χ1n) is 11.0. The van der Waals surface area contributed by atoms with Gasteiger partial charge in [-0.15, -0.1) is 0 Å². The van der Waals surface area contributed by atoms with Crippen LogP contribution in [0.4, 0.5) is 0 Å². The summed E-state index contributed by atoms with van der Waals surface area (Å²) in [5.74, 6) is -4.37. The second kappa shape index (κ2) is 16.5. The predicted octanol–water partition coefficient (Wildman–Crippen LogP) is -2.81. The molecule has 0 heterocycles. The Balaban J connectivity index is 5.30. The maximum absolute atomic E-state index is 12.9. The Morgan fingerprint density at radius 3 is 2.00 bits per heavy atom. The van der Waals surface area contributed by atoms with E-state index < -0.39 is 66.1 Å². The molecule has 0 saturated heterocycles. The molecule has 0 fully saturated rings. The first-order chi connectivity index (χ1) is 16.3. The molecule has 0 aromatic rings. The molecule has 0 aromatic heterocycles. The van der Waals surface area contributed by atoms with Crippen molar-refractivity contribution < 1.29 is 29.1 Å². The Kier molecular flexibility index (Phi) is 15.1. The molecule has 0 aliphatic carbocycles. The number of carboxylic acids is 1. The van der Waals surface area contributed by atoms with E-state index in [1.54, 1.807) is 20.1 Å². The third-order valence-electron chi connectivity index (χ3n) is 4.81. The number of hydrogen-bond acceptors (Lipinski definition) is 8. The molecule has 0 radical (unpaired) electrons. The number of nitrogens with two attached hydrogens (primary N) is 4. The average molecular weight is 519 g/mol. The molecule has 14 nitrogen and oxygen atoms in total. The summed E-state index contributed by atoms with van der Waals surface area (Å²) in [4.78, 5) is 64.8. The molecule has 12 N–H and O–H groups in total. The maximum atomic E-state index is 12.9. The third-order valence-corrected chi connectivity index (χ3v) is 5.46. The summed E-state index contributed by atoms with van der Waals surface area (Å²) in [5.41, 5.74) is 21.6. The fraction of sp³-hybridized carbons (Fsp3) is 0.700. The Morgan fingerprint density at radius 1 is 0.914 bits per heavy atom. The van der Waals surface area contributed by atoms with Gasteiger partial charge in [0.25, 0.3) is 0 Å². The molecule has 0 aliphatic heterocycles. The van der Waals surface area contributed by atoms with E-state index in [2.05, 4.69) is 20.9 Å². The zero-order chi connectivity index (χ0) is 27.1. The van der Waals surface area contributed by atoms with Crippen LogP contribution in [0.25, 0.3) is 0 Å². The predicted molar refractivity (Wildman–Crippen MR) is 133 cm³/mol. The van der Waals surface area contributed by atoms with E-state index in [-0.39, 0.29) is 25.3 Å². The molecule has 0 bridgehead atoms. The number of amides is 4. The molecule has 0 aliphatic rings. The van der Waals surface area contributed by atoms with Crippen LogP contribution in [0.5, 0.6) is 0 Å². The van der Waals surface area contributed by atoms with Gasteiger partial charge in [0.05, 0.1) is 12.5 Å². The standard InChI is InChI=1S/C20H38N8O6S/c1-10(2)15(28-16(30)11(21)5-4-7-25-20(23)24)18(32)27-13(9-14(22)29)17(31)26-12(19(33)34)6-8-35-3/h10-13,15H,4-9,21H2,1-3H3,(H2,22,29)(H,26,31)(H,27,32)(H,28,30)(H,33,34)(H4,23,24,25). The monoisotopic (exact) mass is 518 g/mol. The number of primary amides is 1. The summed E-state index contributed by atoms with van der Waals surface area (Å²) < 4.78 is 0. The molecule has 35 heavy (non-hydrogen) atoms. The minimum Gasteiger partial charge on any atom is -0.480 e. The second-order valence-electron chi connectivity index (χ2n) is 8.20. The largest absolute Gasteiger partial charge is 0.480 e. The topological polar surface area (TPSA) is 258 Å². The molecule has 0 aromatic carbocycles. The number of nitrogens with one attached hydrogen (secondary N) is 3. The molecule has 0 saturated carbocycles. The zero-order valence-electron chi connectivity index (χ0n) is 20.3. The van der Waals surface area contributed by atoms with E-state index in [4.69, 9.17) is 22.9 Å². The lowest BCUT2D eigenvalue weighted by Gasteiger charge is -2.26. The van der Waals surface area contributed by atoms with Crippen molar-refractivity contribution in [3.63, 3.8) is 0 Å². The molecule has 200 valence electrons. The number of aliphatic imine (C=N–C) groups is 1. The van der Waals surface area contributed by atoms with E-state index in [1.165, 1.54) is 11.8 Å². The number of carbonyl (C=O) groups is 5. The molecule has 4 atom stereocenters. The minimum absolute atomic E-state index is 0.0759. The number of carboxylic acid groups (broad SMARTS) is 1. The highest BCUT2D eigenvalue weighted by molar-refractivity contribution is 7.98. The summed E-state index contributed by atoms with van der Waals surface area (Å²) in [6.07, 6.45) is 2.06. The van der Waals surface area contributed by atoms with E-state index in [9.17, 15) is 29.1 Å². The van der Waals surface area contributed by atoms with Crippen LogP contribution in [-0.4, -0.2) is 83.4 Å². The van der Waals surface area contributed by atoms with E-state index in [1.807, 2.05) is 0 Å². The van der Waals surface area contributed by atoms with Crippen molar-refractivity contribution in [3.05, 3.63) is 0 Å². The highest BCUT2D eigenvalue weighted by Gasteiger charge is 2.32. The Hall–Kier alpha value is -3.07. The van der Waals surface area contributed by atoms with Crippen molar-refractivity contribution in [1.29, 1.82) is 0 Å².